The maximum Gasteiger partial charge on any atom is 0.242 e. The van der Waals surface area contributed by atoms with Gasteiger partial charge in [-0.1, -0.05) is 39.2 Å². The van der Waals surface area contributed by atoms with Crippen molar-refractivity contribution in [3.63, 3.8) is 0 Å². The van der Waals surface area contributed by atoms with Gasteiger partial charge in [-0.05, 0) is 36.5 Å². The SMILES string of the molecule is CC(C)[C@H](N)C(=O)NCC(=O)N(Cc1ccc2c(c1)OCO2)C1CCCCC1. The number of amides is 2. The fourth-order valence-corrected chi connectivity index (χ4v) is 3.73. The molecule has 0 radical (unpaired) electrons. The van der Waals surface area contributed by atoms with Crippen molar-refractivity contribution in [3.05, 3.63) is 23.8 Å². The summed E-state index contributed by atoms with van der Waals surface area (Å²) in [5.74, 6) is 1.11. The molecule has 0 aromatic heterocycles. The van der Waals surface area contributed by atoms with Crippen molar-refractivity contribution in [2.75, 3.05) is 13.3 Å². The molecule has 2 aliphatic rings. The lowest BCUT2D eigenvalue weighted by atomic mass is 9.93. The van der Waals surface area contributed by atoms with Crippen LogP contribution in [-0.2, 0) is 16.1 Å². The van der Waals surface area contributed by atoms with Crippen LogP contribution in [0.25, 0.3) is 0 Å². The number of nitrogens with zero attached hydrogens (tertiary/aromatic N) is 1. The number of hydrogen-bond acceptors (Lipinski definition) is 5. The number of hydrogen-bond donors (Lipinski definition) is 2. The van der Waals surface area contributed by atoms with Gasteiger partial charge < -0.3 is 25.4 Å². The highest BCUT2D eigenvalue weighted by Crippen LogP contribution is 2.33. The van der Waals surface area contributed by atoms with Crippen molar-refractivity contribution >= 4 is 11.8 Å². The molecule has 1 saturated carbocycles. The van der Waals surface area contributed by atoms with Crippen molar-refractivity contribution in [2.45, 2.75) is 64.6 Å². The van der Waals surface area contributed by atoms with Crippen molar-refractivity contribution in [1.82, 2.24) is 10.2 Å². The van der Waals surface area contributed by atoms with Crippen LogP contribution in [0.3, 0.4) is 0 Å². The van der Waals surface area contributed by atoms with Crippen LogP contribution in [-0.4, -0.2) is 42.1 Å². The molecule has 1 heterocycles. The maximum absolute atomic E-state index is 13.0. The topological polar surface area (TPSA) is 93.9 Å². The normalized spacial score (nSPS) is 17.4. The molecule has 7 heteroatoms. The summed E-state index contributed by atoms with van der Waals surface area (Å²) in [4.78, 5) is 27.0. The highest BCUT2D eigenvalue weighted by atomic mass is 16.7. The van der Waals surface area contributed by atoms with Gasteiger partial charge in [-0.25, -0.2) is 0 Å². The largest absolute Gasteiger partial charge is 0.454 e. The van der Waals surface area contributed by atoms with Gasteiger partial charge in [-0.3, -0.25) is 9.59 Å². The van der Waals surface area contributed by atoms with Gasteiger partial charge >= 0.3 is 0 Å². The first-order valence-corrected chi connectivity index (χ1v) is 10.2. The number of ether oxygens (including phenoxy) is 2. The molecule has 1 aromatic carbocycles. The molecular weight excluding hydrogens is 358 g/mol. The minimum Gasteiger partial charge on any atom is -0.454 e. The lowest BCUT2D eigenvalue weighted by molar-refractivity contribution is -0.136. The van der Waals surface area contributed by atoms with Gasteiger partial charge in [0.25, 0.3) is 0 Å². The fourth-order valence-electron chi connectivity index (χ4n) is 3.73. The summed E-state index contributed by atoms with van der Waals surface area (Å²) in [5, 5.41) is 2.71. The Morgan fingerprint density at radius 2 is 1.89 bits per heavy atom. The first-order chi connectivity index (χ1) is 13.5. The smallest absolute Gasteiger partial charge is 0.242 e. The van der Waals surface area contributed by atoms with E-state index in [4.69, 9.17) is 15.2 Å². The molecule has 28 heavy (non-hydrogen) atoms. The molecule has 0 spiro atoms. The number of benzene rings is 1. The van der Waals surface area contributed by atoms with Gasteiger partial charge in [-0.2, -0.15) is 0 Å². The molecule has 7 nitrogen and oxygen atoms in total. The minimum atomic E-state index is -0.607. The molecule has 154 valence electrons. The zero-order valence-corrected chi connectivity index (χ0v) is 16.8. The Bertz CT molecular complexity index is 701. The third-order valence-electron chi connectivity index (χ3n) is 5.56. The van der Waals surface area contributed by atoms with Crippen LogP contribution in [0.4, 0.5) is 0 Å². The summed E-state index contributed by atoms with van der Waals surface area (Å²) in [5.41, 5.74) is 6.87. The minimum absolute atomic E-state index is 0.0261. The van der Waals surface area contributed by atoms with Crippen LogP contribution in [0.5, 0.6) is 11.5 Å². The lowest BCUT2D eigenvalue weighted by Gasteiger charge is -2.35. The van der Waals surface area contributed by atoms with Crippen molar-refractivity contribution < 1.29 is 19.1 Å². The van der Waals surface area contributed by atoms with Crippen molar-refractivity contribution in [3.8, 4) is 11.5 Å². The monoisotopic (exact) mass is 389 g/mol. The van der Waals surface area contributed by atoms with E-state index in [1.807, 2.05) is 36.9 Å². The second-order valence-corrected chi connectivity index (χ2v) is 7.99. The van der Waals surface area contributed by atoms with Crippen LogP contribution in [0.2, 0.25) is 0 Å². The quantitative estimate of drug-likeness (QED) is 0.745. The van der Waals surface area contributed by atoms with E-state index in [2.05, 4.69) is 5.32 Å². The molecule has 0 bridgehead atoms. The molecule has 0 saturated heterocycles. The van der Waals surface area contributed by atoms with Crippen LogP contribution >= 0.6 is 0 Å². The van der Waals surface area contributed by atoms with E-state index in [1.165, 1.54) is 6.42 Å². The highest BCUT2D eigenvalue weighted by Gasteiger charge is 2.27. The third-order valence-corrected chi connectivity index (χ3v) is 5.56. The molecule has 1 aliphatic heterocycles. The standard InChI is InChI=1S/C21H31N3O4/c1-14(2)20(22)21(26)23-11-19(25)24(16-6-4-3-5-7-16)12-15-8-9-17-18(10-15)28-13-27-17/h8-10,14,16,20H,3-7,11-13,22H2,1-2H3,(H,23,26)/t20-/m0/s1. The molecule has 1 atom stereocenters. The number of rotatable bonds is 7. The van der Waals surface area contributed by atoms with E-state index in [1.54, 1.807) is 0 Å². The molecule has 3 N–H and O–H groups in total. The molecule has 3 rings (SSSR count). The van der Waals surface area contributed by atoms with Crippen LogP contribution in [0.1, 0.15) is 51.5 Å². The summed E-state index contributed by atoms with van der Waals surface area (Å²) in [6, 6.07) is 5.36. The Kier molecular flexibility index (Phi) is 6.78. The van der Waals surface area contributed by atoms with Crippen LogP contribution < -0.4 is 20.5 Å². The number of fused-ring (bicyclic) bond motifs is 1. The molecular formula is C21H31N3O4. The molecule has 1 aromatic rings. The second kappa shape index (κ2) is 9.28. The van der Waals surface area contributed by atoms with E-state index in [0.717, 1.165) is 37.0 Å². The summed E-state index contributed by atoms with van der Waals surface area (Å²) >= 11 is 0. The summed E-state index contributed by atoms with van der Waals surface area (Å²) in [6.07, 6.45) is 5.45. The molecule has 1 aliphatic carbocycles. The van der Waals surface area contributed by atoms with E-state index < -0.39 is 6.04 Å². The zero-order valence-electron chi connectivity index (χ0n) is 16.8. The number of nitrogens with one attached hydrogen (secondary N) is 1. The van der Waals surface area contributed by atoms with Gasteiger partial charge in [-0.15, -0.1) is 0 Å². The van der Waals surface area contributed by atoms with Crippen LogP contribution in [0.15, 0.2) is 18.2 Å². The zero-order chi connectivity index (χ0) is 20.1. The first kappa shape index (κ1) is 20.5. The maximum atomic E-state index is 13.0. The van der Waals surface area contributed by atoms with Crippen molar-refractivity contribution in [1.29, 1.82) is 0 Å². The Hall–Kier alpha value is -2.28. The summed E-state index contributed by atoms with van der Waals surface area (Å²) in [7, 11) is 0. The predicted octanol–water partition coefficient (Wildman–Crippen LogP) is 2.18. The average molecular weight is 389 g/mol. The lowest BCUT2D eigenvalue weighted by Crippen LogP contribution is -2.50. The number of carbonyl (C=O) groups excluding carboxylic acids is 2. The molecule has 0 unspecified atom stereocenters. The fraction of sp³-hybridized carbons (Fsp3) is 0.619. The van der Waals surface area contributed by atoms with Crippen LogP contribution in [0, 0.1) is 5.92 Å². The van der Waals surface area contributed by atoms with E-state index >= 15 is 0 Å². The third kappa shape index (κ3) is 4.95. The Labute approximate surface area is 166 Å². The first-order valence-electron chi connectivity index (χ1n) is 10.2. The number of carbonyl (C=O) groups is 2. The van der Waals surface area contributed by atoms with Gasteiger partial charge in [0.15, 0.2) is 11.5 Å². The Balaban J connectivity index is 1.68. The van der Waals surface area contributed by atoms with E-state index in [-0.39, 0.29) is 37.1 Å². The van der Waals surface area contributed by atoms with E-state index in [0.29, 0.717) is 12.3 Å². The summed E-state index contributed by atoms with van der Waals surface area (Å²) in [6.45, 7) is 4.47. The average Bonchev–Trinajstić information content (AvgIpc) is 3.17. The molecule has 2 amide bonds. The van der Waals surface area contributed by atoms with Gasteiger partial charge in [0.1, 0.15) is 0 Å². The highest BCUT2D eigenvalue weighted by molar-refractivity contribution is 5.87. The molecule has 1 fully saturated rings. The van der Waals surface area contributed by atoms with Crippen molar-refractivity contribution in [2.24, 2.45) is 11.7 Å². The predicted molar refractivity (Wildman–Crippen MR) is 106 cm³/mol. The Morgan fingerprint density at radius 1 is 1.18 bits per heavy atom. The Morgan fingerprint density at radius 3 is 2.61 bits per heavy atom. The number of nitrogens with two attached hydrogens (primary N) is 1. The second-order valence-electron chi connectivity index (χ2n) is 7.99. The van der Waals surface area contributed by atoms with E-state index in [9.17, 15) is 9.59 Å². The van der Waals surface area contributed by atoms with Gasteiger partial charge in [0.2, 0.25) is 18.6 Å². The van der Waals surface area contributed by atoms with Gasteiger partial charge in [0, 0.05) is 12.6 Å². The summed E-state index contributed by atoms with van der Waals surface area (Å²) < 4.78 is 10.8. The van der Waals surface area contributed by atoms with Gasteiger partial charge in [0.05, 0.1) is 12.6 Å².